The first-order chi connectivity index (χ1) is 14.4. The maximum atomic E-state index is 11.7. The molecule has 2 aromatic carbocycles. The fourth-order valence-electron chi connectivity index (χ4n) is 4.56. The molecule has 1 saturated heterocycles. The predicted octanol–water partition coefficient (Wildman–Crippen LogP) is 4.98. The van der Waals surface area contributed by atoms with Crippen molar-refractivity contribution in [2.75, 3.05) is 20.1 Å². The van der Waals surface area contributed by atoms with Gasteiger partial charge in [-0.1, -0.05) is 42.3 Å². The van der Waals surface area contributed by atoms with E-state index in [0.717, 1.165) is 41.5 Å². The van der Waals surface area contributed by atoms with Crippen molar-refractivity contribution in [3.63, 3.8) is 0 Å². The van der Waals surface area contributed by atoms with Gasteiger partial charge in [0.15, 0.2) is 0 Å². The number of aryl methyl sites for hydroxylation is 2. The van der Waals surface area contributed by atoms with Gasteiger partial charge in [0.05, 0.1) is 5.92 Å². The molecule has 4 rings (SSSR count). The standard InChI is InChI=1S/C25H31ClN2O2/c1-16-9-19(12-28-13-21(14-28)25(29)27-3)10-17(2)24(16)30-15-18-7-8-23(26)22(11-18)20-5-4-6-20/h7-11,20-21H,4-6,12-15H2,1-3H3,(H,27,29). The van der Waals surface area contributed by atoms with Crippen LogP contribution in [-0.4, -0.2) is 30.9 Å². The topological polar surface area (TPSA) is 41.6 Å². The van der Waals surface area contributed by atoms with Crippen molar-refractivity contribution in [2.24, 2.45) is 5.92 Å². The zero-order chi connectivity index (χ0) is 21.3. The lowest BCUT2D eigenvalue weighted by Crippen LogP contribution is -2.52. The monoisotopic (exact) mass is 426 g/mol. The molecule has 30 heavy (non-hydrogen) atoms. The minimum Gasteiger partial charge on any atom is -0.488 e. The Labute approximate surface area is 184 Å². The number of nitrogens with one attached hydrogen (secondary N) is 1. The van der Waals surface area contributed by atoms with E-state index in [4.69, 9.17) is 16.3 Å². The van der Waals surface area contributed by atoms with Crippen LogP contribution in [-0.2, 0) is 17.9 Å². The number of ether oxygens (including phenoxy) is 1. The lowest BCUT2D eigenvalue weighted by Gasteiger charge is -2.38. The molecular weight excluding hydrogens is 396 g/mol. The number of carbonyl (C=O) groups is 1. The van der Waals surface area contributed by atoms with E-state index in [1.165, 1.54) is 36.0 Å². The van der Waals surface area contributed by atoms with E-state index in [-0.39, 0.29) is 11.8 Å². The van der Waals surface area contributed by atoms with Crippen molar-refractivity contribution in [2.45, 2.75) is 52.2 Å². The summed E-state index contributed by atoms with van der Waals surface area (Å²) in [5, 5.41) is 3.61. The first-order valence-corrected chi connectivity index (χ1v) is 11.3. The molecule has 1 amide bonds. The van der Waals surface area contributed by atoms with E-state index in [1.807, 2.05) is 6.07 Å². The lowest BCUT2D eigenvalue weighted by atomic mass is 9.79. The van der Waals surface area contributed by atoms with Gasteiger partial charge in [-0.25, -0.2) is 0 Å². The van der Waals surface area contributed by atoms with Crippen LogP contribution in [0.4, 0.5) is 0 Å². The molecule has 4 nitrogen and oxygen atoms in total. The molecule has 1 saturated carbocycles. The Morgan fingerprint density at radius 3 is 2.43 bits per heavy atom. The summed E-state index contributed by atoms with van der Waals surface area (Å²) in [6.45, 7) is 7.30. The molecule has 0 unspecified atom stereocenters. The summed E-state index contributed by atoms with van der Waals surface area (Å²) in [7, 11) is 1.70. The molecule has 1 aliphatic carbocycles. The van der Waals surface area contributed by atoms with Gasteiger partial charge in [-0.3, -0.25) is 9.69 Å². The smallest absolute Gasteiger partial charge is 0.225 e. The third kappa shape index (κ3) is 4.50. The van der Waals surface area contributed by atoms with Crippen molar-refractivity contribution in [1.82, 2.24) is 10.2 Å². The highest BCUT2D eigenvalue weighted by Crippen LogP contribution is 2.40. The molecule has 0 radical (unpaired) electrons. The van der Waals surface area contributed by atoms with E-state index in [2.05, 4.69) is 48.3 Å². The highest BCUT2D eigenvalue weighted by Gasteiger charge is 2.31. The number of carbonyl (C=O) groups excluding carboxylic acids is 1. The Morgan fingerprint density at radius 1 is 1.13 bits per heavy atom. The third-order valence-corrected chi connectivity index (χ3v) is 6.83. The van der Waals surface area contributed by atoms with Crippen LogP contribution >= 0.6 is 11.6 Å². The van der Waals surface area contributed by atoms with Gasteiger partial charge in [0, 0.05) is 31.7 Å². The number of benzene rings is 2. The molecule has 0 spiro atoms. The van der Waals surface area contributed by atoms with Crippen LogP contribution < -0.4 is 10.1 Å². The van der Waals surface area contributed by atoms with E-state index in [9.17, 15) is 4.79 Å². The molecule has 0 bridgehead atoms. The molecule has 160 valence electrons. The Morgan fingerprint density at radius 2 is 1.83 bits per heavy atom. The number of likely N-dealkylation sites (tertiary alicyclic amines) is 1. The second-order valence-electron chi connectivity index (χ2n) is 8.84. The highest BCUT2D eigenvalue weighted by molar-refractivity contribution is 6.31. The molecule has 5 heteroatoms. The number of amides is 1. The summed E-state index contributed by atoms with van der Waals surface area (Å²) in [5.41, 5.74) is 6.02. The normalized spacial score (nSPS) is 17.3. The second-order valence-corrected chi connectivity index (χ2v) is 9.24. The Kier molecular flexibility index (Phi) is 6.35. The zero-order valence-corrected chi connectivity index (χ0v) is 18.9. The molecule has 1 heterocycles. The van der Waals surface area contributed by atoms with Crippen LogP contribution in [0, 0.1) is 19.8 Å². The van der Waals surface area contributed by atoms with Crippen molar-refractivity contribution in [1.29, 1.82) is 0 Å². The molecule has 0 atom stereocenters. The van der Waals surface area contributed by atoms with Crippen LogP contribution in [0.3, 0.4) is 0 Å². The molecular formula is C25H31ClN2O2. The lowest BCUT2D eigenvalue weighted by molar-refractivity contribution is -0.129. The number of hydrogen-bond donors (Lipinski definition) is 1. The van der Waals surface area contributed by atoms with Crippen LogP contribution in [0.2, 0.25) is 5.02 Å². The van der Waals surface area contributed by atoms with E-state index >= 15 is 0 Å². The summed E-state index contributed by atoms with van der Waals surface area (Å²) in [6.07, 6.45) is 3.78. The first kappa shape index (κ1) is 21.2. The quantitative estimate of drug-likeness (QED) is 0.678. The molecule has 1 aliphatic heterocycles. The molecule has 1 N–H and O–H groups in total. The van der Waals surface area contributed by atoms with E-state index < -0.39 is 0 Å². The summed E-state index contributed by atoms with van der Waals surface area (Å²) in [6, 6.07) is 10.7. The fourth-order valence-corrected chi connectivity index (χ4v) is 4.83. The summed E-state index contributed by atoms with van der Waals surface area (Å²) < 4.78 is 6.23. The molecule has 0 aromatic heterocycles. The Balaban J connectivity index is 1.38. The van der Waals surface area contributed by atoms with Crippen LogP contribution in [0.15, 0.2) is 30.3 Å². The number of nitrogens with zero attached hydrogens (tertiary/aromatic N) is 1. The summed E-state index contributed by atoms with van der Waals surface area (Å²) >= 11 is 6.41. The van der Waals surface area contributed by atoms with Gasteiger partial charge < -0.3 is 10.1 Å². The van der Waals surface area contributed by atoms with Gasteiger partial charge in [0.2, 0.25) is 5.91 Å². The van der Waals surface area contributed by atoms with Gasteiger partial charge in [-0.15, -0.1) is 0 Å². The maximum Gasteiger partial charge on any atom is 0.225 e. The predicted molar refractivity (Wildman–Crippen MR) is 121 cm³/mol. The van der Waals surface area contributed by atoms with Crippen LogP contribution in [0.5, 0.6) is 5.75 Å². The maximum absolute atomic E-state index is 11.7. The first-order valence-electron chi connectivity index (χ1n) is 10.9. The van der Waals surface area contributed by atoms with Gasteiger partial charge in [0.25, 0.3) is 0 Å². The average Bonchev–Trinajstić information content (AvgIpc) is 2.64. The van der Waals surface area contributed by atoms with Crippen molar-refractivity contribution >= 4 is 17.5 Å². The number of halogens is 1. The van der Waals surface area contributed by atoms with Crippen molar-refractivity contribution in [3.05, 3.63) is 63.2 Å². The SMILES string of the molecule is CNC(=O)C1CN(Cc2cc(C)c(OCc3ccc(Cl)c(C4CCC4)c3)c(C)c2)C1. The van der Waals surface area contributed by atoms with E-state index in [1.54, 1.807) is 7.05 Å². The average molecular weight is 427 g/mol. The van der Waals surface area contributed by atoms with Crippen molar-refractivity contribution < 1.29 is 9.53 Å². The Bertz CT molecular complexity index is 910. The minimum atomic E-state index is 0.129. The van der Waals surface area contributed by atoms with Crippen molar-refractivity contribution in [3.8, 4) is 5.75 Å². The largest absolute Gasteiger partial charge is 0.488 e. The highest BCUT2D eigenvalue weighted by atomic mass is 35.5. The van der Waals surface area contributed by atoms with Crippen LogP contribution in [0.1, 0.15) is 53.0 Å². The molecule has 2 aromatic rings. The number of rotatable bonds is 7. The number of hydrogen-bond acceptors (Lipinski definition) is 3. The van der Waals surface area contributed by atoms with E-state index in [0.29, 0.717) is 12.5 Å². The third-order valence-electron chi connectivity index (χ3n) is 6.49. The molecule has 2 fully saturated rings. The summed E-state index contributed by atoms with van der Waals surface area (Å²) in [4.78, 5) is 14.0. The second kappa shape index (κ2) is 8.99. The van der Waals surface area contributed by atoms with Gasteiger partial charge in [-0.2, -0.15) is 0 Å². The van der Waals surface area contributed by atoms with Crippen LogP contribution in [0.25, 0.3) is 0 Å². The molecule has 2 aliphatic rings. The summed E-state index contributed by atoms with van der Waals surface area (Å²) in [5.74, 6) is 1.85. The van der Waals surface area contributed by atoms with Gasteiger partial charge in [-0.05, 0) is 66.5 Å². The van der Waals surface area contributed by atoms with Gasteiger partial charge >= 0.3 is 0 Å². The van der Waals surface area contributed by atoms with Gasteiger partial charge in [0.1, 0.15) is 12.4 Å². The fraction of sp³-hybridized carbons (Fsp3) is 0.480. The zero-order valence-electron chi connectivity index (χ0n) is 18.1. The minimum absolute atomic E-state index is 0.129. The Hall–Kier alpha value is -2.04.